The van der Waals surface area contributed by atoms with Gasteiger partial charge in [-0.1, -0.05) is 0 Å². The van der Waals surface area contributed by atoms with E-state index in [1.54, 1.807) is 14.8 Å². The quantitative estimate of drug-likeness (QED) is 0.699. The highest BCUT2D eigenvalue weighted by Gasteiger charge is 2.22. The summed E-state index contributed by atoms with van der Waals surface area (Å²) in [7, 11) is 3.96. The van der Waals surface area contributed by atoms with E-state index < -0.39 is 0 Å². The number of hydrogen-bond donors (Lipinski definition) is 1. The molecule has 0 bridgehead atoms. The molecule has 2 aromatic heterocycles. The summed E-state index contributed by atoms with van der Waals surface area (Å²) in [4.78, 5) is 31.5. The molecule has 1 aliphatic heterocycles. The van der Waals surface area contributed by atoms with Crippen molar-refractivity contribution in [1.29, 1.82) is 0 Å². The maximum Gasteiger partial charge on any atom is 0.345 e. The zero-order chi connectivity index (χ0) is 19.7. The minimum Gasteiger partial charge on any atom is -0.349 e. The lowest BCUT2D eigenvalue weighted by atomic mass is 10.1. The number of hydrogen-bond acceptors (Lipinski definition) is 6. The number of amides is 1. The summed E-state index contributed by atoms with van der Waals surface area (Å²) < 4.78 is 4.32. The Morgan fingerprint density at radius 2 is 2.21 bits per heavy atom. The Labute approximate surface area is 166 Å². The van der Waals surface area contributed by atoms with Gasteiger partial charge in [-0.05, 0) is 45.1 Å². The predicted molar refractivity (Wildman–Crippen MR) is 109 cm³/mol. The molecule has 28 heavy (non-hydrogen) atoms. The van der Waals surface area contributed by atoms with Gasteiger partial charge in [0, 0.05) is 31.1 Å². The van der Waals surface area contributed by atoms with Crippen molar-refractivity contribution in [3.63, 3.8) is 0 Å². The van der Waals surface area contributed by atoms with E-state index in [4.69, 9.17) is 0 Å². The van der Waals surface area contributed by atoms with Crippen LogP contribution in [-0.2, 0) is 19.5 Å². The molecular weight excluding hydrogens is 376 g/mol. The molecule has 0 spiro atoms. The third kappa shape index (κ3) is 3.85. The molecule has 1 unspecified atom stereocenters. The number of carbonyl (C=O) groups excluding carboxylic acids is 1. The fraction of sp³-hybridized carbons (Fsp3) is 0.474. The van der Waals surface area contributed by atoms with Crippen molar-refractivity contribution in [2.24, 2.45) is 0 Å². The van der Waals surface area contributed by atoms with E-state index in [1.165, 1.54) is 11.3 Å². The van der Waals surface area contributed by atoms with Gasteiger partial charge in [0.2, 0.25) is 0 Å². The number of aryl methyl sites for hydroxylation is 1. The van der Waals surface area contributed by atoms with Crippen LogP contribution in [0.2, 0.25) is 0 Å². The van der Waals surface area contributed by atoms with Crippen LogP contribution in [0.3, 0.4) is 0 Å². The Morgan fingerprint density at radius 1 is 1.36 bits per heavy atom. The number of carbonyl (C=O) groups is 1. The summed E-state index contributed by atoms with van der Waals surface area (Å²) in [5.41, 5.74) is 3.28. The molecule has 0 radical (unpaired) electrons. The van der Waals surface area contributed by atoms with Crippen LogP contribution in [0, 0.1) is 0 Å². The van der Waals surface area contributed by atoms with Gasteiger partial charge in [0.1, 0.15) is 5.82 Å². The van der Waals surface area contributed by atoms with Crippen LogP contribution in [0.5, 0.6) is 0 Å². The predicted octanol–water partition coefficient (Wildman–Crippen LogP) is 1.35. The summed E-state index contributed by atoms with van der Waals surface area (Å²) >= 11 is 1.53. The van der Waals surface area contributed by atoms with Crippen molar-refractivity contribution in [3.8, 4) is 0 Å². The van der Waals surface area contributed by atoms with Gasteiger partial charge in [-0.2, -0.15) is 5.10 Å². The Kier molecular flexibility index (Phi) is 5.27. The van der Waals surface area contributed by atoms with Crippen molar-refractivity contribution >= 4 is 27.5 Å². The Bertz CT molecular complexity index is 1050. The maximum atomic E-state index is 12.7. The zero-order valence-corrected chi connectivity index (χ0v) is 16.9. The molecule has 3 heterocycles. The number of nitrogens with zero attached hydrogens (tertiary/aromatic N) is 5. The molecule has 1 amide bonds. The number of rotatable bonds is 5. The molecule has 1 aliphatic rings. The van der Waals surface area contributed by atoms with E-state index >= 15 is 0 Å². The minimum absolute atomic E-state index is 0.0287. The fourth-order valence-electron chi connectivity index (χ4n) is 3.48. The second-order valence-corrected chi connectivity index (χ2v) is 8.30. The highest BCUT2D eigenvalue weighted by Crippen LogP contribution is 2.19. The smallest absolute Gasteiger partial charge is 0.345 e. The molecule has 0 aliphatic carbocycles. The Morgan fingerprint density at radius 3 is 3.04 bits per heavy atom. The van der Waals surface area contributed by atoms with Crippen LogP contribution in [0.4, 0.5) is 0 Å². The van der Waals surface area contributed by atoms with Gasteiger partial charge in [-0.25, -0.2) is 14.5 Å². The zero-order valence-electron chi connectivity index (χ0n) is 16.1. The number of benzene rings is 1. The van der Waals surface area contributed by atoms with Crippen molar-refractivity contribution < 1.29 is 4.79 Å². The van der Waals surface area contributed by atoms with Crippen LogP contribution >= 0.6 is 11.3 Å². The van der Waals surface area contributed by atoms with E-state index in [0.29, 0.717) is 25.1 Å². The highest BCUT2D eigenvalue weighted by molar-refractivity contribution is 7.16. The summed E-state index contributed by atoms with van der Waals surface area (Å²) in [5.74, 6) is 0.731. The molecule has 3 aromatic rings. The first-order valence-corrected chi connectivity index (χ1v) is 10.3. The molecule has 0 saturated heterocycles. The lowest BCUT2D eigenvalue weighted by molar-refractivity contribution is 0.0933. The molecule has 0 fully saturated rings. The van der Waals surface area contributed by atoms with Crippen molar-refractivity contribution in [1.82, 2.24) is 29.5 Å². The second kappa shape index (κ2) is 7.84. The van der Waals surface area contributed by atoms with E-state index in [-0.39, 0.29) is 17.6 Å². The third-order valence-corrected chi connectivity index (χ3v) is 5.90. The summed E-state index contributed by atoms with van der Waals surface area (Å²) in [6.07, 6.45) is 2.18. The largest absolute Gasteiger partial charge is 0.349 e. The first kappa shape index (κ1) is 18.8. The second-order valence-electron chi connectivity index (χ2n) is 7.41. The molecule has 8 nitrogen and oxygen atoms in total. The van der Waals surface area contributed by atoms with Crippen molar-refractivity contribution in [2.75, 3.05) is 20.6 Å². The fourth-order valence-corrected chi connectivity index (χ4v) is 4.19. The SMILES string of the molecule is CN(C)CCn1nc2n(c1=O)CCC(NC(=O)c1ccc3ncsc3c1)CC2. The van der Waals surface area contributed by atoms with Gasteiger partial charge in [-0.15, -0.1) is 11.3 Å². The van der Waals surface area contributed by atoms with Crippen LogP contribution in [0.25, 0.3) is 10.2 Å². The highest BCUT2D eigenvalue weighted by atomic mass is 32.1. The molecule has 9 heteroatoms. The molecule has 148 valence electrons. The third-order valence-electron chi connectivity index (χ3n) is 5.10. The first-order chi connectivity index (χ1) is 13.5. The standard InChI is InChI=1S/C19H24N6O2S/c1-23(2)9-10-25-19(27)24-8-7-14(4-6-17(24)22-25)21-18(26)13-3-5-15-16(11-13)28-12-20-15/h3,5,11-12,14H,4,6-10H2,1-2H3,(H,21,26). The summed E-state index contributed by atoms with van der Waals surface area (Å²) in [5, 5.41) is 7.62. The Balaban J connectivity index is 1.41. The average Bonchev–Trinajstić information content (AvgIpc) is 3.20. The van der Waals surface area contributed by atoms with Crippen LogP contribution in [-0.4, -0.2) is 56.8 Å². The lowest BCUT2D eigenvalue weighted by Gasteiger charge is -2.16. The Hall–Kier alpha value is -2.52. The van der Waals surface area contributed by atoms with Gasteiger partial charge >= 0.3 is 5.69 Å². The molecule has 1 atom stereocenters. The van der Waals surface area contributed by atoms with Gasteiger partial charge < -0.3 is 10.2 Å². The van der Waals surface area contributed by atoms with Crippen LogP contribution < -0.4 is 11.0 Å². The normalized spacial score (nSPS) is 16.9. The summed E-state index contributed by atoms with van der Waals surface area (Å²) in [6.45, 7) is 1.94. The molecule has 1 N–H and O–H groups in total. The molecule has 0 saturated carbocycles. The number of nitrogens with one attached hydrogen (secondary N) is 1. The lowest BCUT2D eigenvalue weighted by Crippen LogP contribution is -2.36. The molecule has 1 aromatic carbocycles. The van der Waals surface area contributed by atoms with E-state index in [0.717, 1.165) is 35.4 Å². The van der Waals surface area contributed by atoms with Gasteiger partial charge in [-0.3, -0.25) is 9.36 Å². The van der Waals surface area contributed by atoms with Gasteiger partial charge in [0.15, 0.2) is 0 Å². The molecule has 4 rings (SSSR count). The number of aromatic nitrogens is 4. The van der Waals surface area contributed by atoms with E-state index in [1.807, 2.05) is 37.2 Å². The van der Waals surface area contributed by atoms with Gasteiger partial charge in [0.25, 0.3) is 5.91 Å². The van der Waals surface area contributed by atoms with E-state index in [9.17, 15) is 9.59 Å². The van der Waals surface area contributed by atoms with Crippen molar-refractivity contribution in [2.45, 2.75) is 38.4 Å². The van der Waals surface area contributed by atoms with Crippen molar-refractivity contribution in [3.05, 3.63) is 45.6 Å². The number of fused-ring (bicyclic) bond motifs is 2. The number of likely N-dealkylation sites (N-methyl/N-ethyl adjacent to an activating group) is 1. The topological polar surface area (TPSA) is 85.0 Å². The number of thiazole rings is 1. The van der Waals surface area contributed by atoms with Crippen LogP contribution in [0.15, 0.2) is 28.5 Å². The average molecular weight is 401 g/mol. The van der Waals surface area contributed by atoms with Gasteiger partial charge in [0.05, 0.1) is 22.3 Å². The molecular formula is C19H24N6O2S. The maximum absolute atomic E-state index is 12.7. The van der Waals surface area contributed by atoms with Crippen LogP contribution in [0.1, 0.15) is 29.0 Å². The summed E-state index contributed by atoms with van der Waals surface area (Å²) in [6, 6.07) is 5.59. The van der Waals surface area contributed by atoms with E-state index in [2.05, 4.69) is 15.4 Å². The monoisotopic (exact) mass is 400 g/mol. The minimum atomic E-state index is -0.0803. The first-order valence-electron chi connectivity index (χ1n) is 9.46.